The molecule has 0 spiro atoms. The van der Waals surface area contributed by atoms with Gasteiger partial charge in [0.05, 0.1) is 22.4 Å². The molecule has 0 heterocycles. The molecule has 1 unspecified atom stereocenters. The number of sulfonamides is 1. The topological polar surface area (TPSA) is 113 Å². The van der Waals surface area contributed by atoms with Gasteiger partial charge < -0.3 is 0 Å². The molecular weight excluding hydrogens is 306 g/mol. The Morgan fingerprint density at radius 1 is 1.55 bits per heavy atom. The number of rotatable bonds is 6. The second-order valence-corrected chi connectivity index (χ2v) is 6.05. The smallest absolute Gasteiger partial charge is 0.258 e. The number of nitrogens with one attached hydrogen (secondary N) is 1. The fourth-order valence-electron chi connectivity index (χ4n) is 1.47. The van der Waals surface area contributed by atoms with Crippen molar-refractivity contribution in [2.45, 2.75) is 30.7 Å². The lowest BCUT2D eigenvalue weighted by Crippen LogP contribution is -2.34. The number of hydrogen-bond acceptors (Lipinski definition) is 5. The van der Waals surface area contributed by atoms with Crippen molar-refractivity contribution in [2.24, 2.45) is 0 Å². The normalized spacial score (nSPS) is 12.7. The molecule has 0 radical (unpaired) electrons. The first-order chi connectivity index (χ1) is 9.31. The number of nitrogens with zero attached hydrogens (tertiary/aromatic N) is 2. The summed E-state index contributed by atoms with van der Waals surface area (Å²) in [6.07, 6.45) is 0.418. The minimum atomic E-state index is -4.02. The number of halogens is 1. The van der Waals surface area contributed by atoms with Gasteiger partial charge in [-0.2, -0.15) is 5.26 Å². The van der Waals surface area contributed by atoms with E-state index in [0.717, 1.165) is 18.2 Å². The van der Waals surface area contributed by atoms with Crippen LogP contribution < -0.4 is 4.72 Å². The highest BCUT2D eigenvalue weighted by atomic mass is 35.5. The molecule has 1 N–H and O–H groups in total. The summed E-state index contributed by atoms with van der Waals surface area (Å²) in [5.41, 5.74) is -0.372. The first kappa shape index (κ1) is 16.4. The summed E-state index contributed by atoms with van der Waals surface area (Å²) in [6, 6.07) is 4.46. The quantitative estimate of drug-likeness (QED) is 0.638. The second-order valence-electron chi connectivity index (χ2n) is 3.96. The van der Waals surface area contributed by atoms with E-state index in [9.17, 15) is 18.5 Å². The minimum absolute atomic E-state index is 0.00226. The molecule has 0 aromatic heterocycles. The third-order valence-corrected chi connectivity index (χ3v) is 4.57. The molecule has 1 aromatic rings. The van der Waals surface area contributed by atoms with E-state index in [4.69, 9.17) is 16.9 Å². The van der Waals surface area contributed by atoms with Crippen molar-refractivity contribution in [1.82, 2.24) is 4.72 Å². The van der Waals surface area contributed by atoms with Crippen LogP contribution >= 0.6 is 11.6 Å². The standard InChI is InChI=1S/C11H12ClN3O4S/c1-2-8(5-6-13)14-20(18,19)11-7-9(15(16)17)3-4-10(11)12/h3-4,7-8,14H,2,5H2,1H3. The van der Waals surface area contributed by atoms with Crippen LogP contribution in [-0.2, 0) is 10.0 Å². The van der Waals surface area contributed by atoms with Crippen LogP contribution in [0.15, 0.2) is 23.1 Å². The molecule has 0 aliphatic carbocycles. The van der Waals surface area contributed by atoms with Crippen LogP contribution in [0.4, 0.5) is 5.69 Å². The van der Waals surface area contributed by atoms with E-state index >= 15 is 0 Å². The zero-order valence-electron chi connectivity index (χ0n) is 10.5. The average molecular weight is 318 g/mol. The summed E-state index contributed by atoms with van der Waals surface area (Å²) in [5.74, 6) is 0. The number of nitro groups is 1. The van der Waals surface area contributed by atoms with Crippen LogP contribution in [-0.4, -0.2) is 19.4 Å². The molecule has 9 heteroatoms. The van der Waals surface area contributed by atoms with Gasteiger partial charge in [-0.05, 0) is 12.5 Å². The molecule has 0 saturated carbocycles. The van der Waals surface area contributed by atoms with Crippen LogP contribution in [0.5, 0.6) is 0 Å². The molecule has 7 nitrogen and oxygen atoms in total. The van der Waals surface area contributed by atoms with Gasteiger partial charge in [0.2, 0.25) is 10.0 Å². The number of nitro benzene ring substituents is 1. The van der Waals surface area contributed by atoms with Crippen molar-refractivity contribution in [2.75, 3.05) is 0 Å². The molecular formula is C11H12ClN3O4S. The maximum absolute atomic E-state index is 12.1. The van der Waals surface area contributed by atoms with Gasteiger partial charge in [-0.1, -0.05) is 18.5 Å². The number of hydrogen-bond donors (Lipinski definition) is 1. The highest BCUT2D eigenvalue weighted by molar-refractivity contribution is 7.89. The Labute approximate surface area is 121 Å². The van der Waals surface area contributed by atoms with Gasteiger partial charge in [-0.15, -0.1) is 0 Å². The molecule has 1 rings (SSSR count). The molecule has 0 bridgehead atoms. The van der Waals surface area contributed by atoms with Crippen molar-refractivity contribution in [3.05, 3.63) is 33.3 Å². The van der Waals surface area contributed by atoms with Gasteiger partial charge in [-0.25, -0.2) is 13.1 Å². The molecule has 0 fully saturated rings. The Bertz CT molecular complexity index is 654. The minimum Gasteiger partial charge on any atom is -0.258 e. The second kappa shape index (κ2) is 6.65. The highest BCUT2D eigenvalue weighted by Crippen LogP contribution is 2.26. The van der Waals surface area contributed by atoms with E-state index in [0.29, 0.717) is 6.42 Å². The first-order valence-corrected chi connectivity index (χ1v) is 7.51. The van der Waals surface area contributed by atoms with Crippen LogP contribution in [0.25, 0.3) is 0 Å². The van der Waals surface area contributed by atoms with Gasteiger partial charge in [0, 0.05) is 18.2 Å². The zero-order chi connectivity index (χ0) is 15.3. The van der Waals surface area contributed by atoms with Crippen LogP contribution in [0.3, 0.4) is 0 Å². The van der Waals surface area contributed by atoms with E-state index < -0.39 is 21.0 Å². The molecule has 108 valence electrons. The maximum atomic E-state index is 12.1. The maximum Gasteiger partial charge on any atom is 0.270 e. The summed E-state index contributed by atoms with van der Waals surface area (Å²) < 4.78 is 26.6. The largest absolute Gasteiger partial charge is 0.270 e. The predicted octanol–water partition coefficient (Wildman–Crippen LogP) is 2.22. The van der Waals surface area contributed by atoms with E-state index in [1.165, 1.54) is 0 Å². The Kier molecular flexibility index (Phi) is 5.44. The summed E-state index contributed by atoms with van der Waals surface area (Å²) in [4.78, 5) is 9.60. The van der Waals surface area contributed by atoms with Crippen molar-refractivity contribution in [3.8, 4) is 6.07 Å². The van der Waals surface area contributed by atoms with E-state index in [-0.39, 0.29) is 22.0 Å². The summed E-state index contributed by atoms with van der Waals surface area (Å²) in [5, 5.41) is 19.2. The Morgan fingerprint density at radius 2 is 2.20 bits per heavy atom. The number of nitriles is 1. The average Bonchev–Trinajstić information content (AvgIpc) is 2.37. The highest BCUT2D eigenvalue weighted by Gasteiger charge is 2.24. The van der Waals surface area contributed by atoms with Gasteiger partial charge in [0.15, 0.2) is 0 Å². The lowest BCUT2D eigenvalue weighted by atomic mass is 10.2. The van der Waals surface area contributed by atoms with Crippen LogP contribution in [0.2, 0.25) is 5.02 Å². The van der Waals surface area contributed by atoms with Gasteiger partial charge in [0.25, 0.3) is 5.69 Å². The van der Waals surface area contributed by atoms with Crippen molar-refractivity contribution >= 4 is 27.3 Å². The van der Waals surface area contributed by atoms with Gasteiger partial charge in [0.1, 0.15) is 4.90 Å². The predicted molar refractivity (Wildman–Crippen MR) is 72.7 cm³/mol. The monoisotopic (exact) mass is 317 g/mol. The zero-order valence-corrected chi connectivity index (χ0v) is 12.1. The van der Waals surface area contributed by atoms with E-state index in [2.05, 4.69) is 4.72 Å². The molecule has 20 heavy (non-hydrogen) atoms. The first-order valence-electron chi connectivity index (χ1n) is 5.65. The SMILES string of the molecule is CCC(CC#N)NS(=O)(=O)c1cc([N+](=O)[O-])ccc1Cl. The van der Waals surface area contributed by atoms with Crippen LogP contribution in [0, 0.1) is 21.4 Å². The number of benzene rings is 1. The number of non-ortho nitro benzene ring substituents is 1. The summed E-state index contributed by atoms with van der Waals surface area (Å²) >= 11 is 5.78. The molecule has 0 aliphatic rings. The van der Waals surface area contributed by atoms with Crippen LogP contribution in [0.1, 0.15) is 19.8 Å². The van der Waals surface area contributed by atoms with Crippen molar-refractivity contribution in [1.29, 1.82) is 5.26 Å². The van der Waals surface area contributed by atoms with Gasteiger partial charge in [-0.3, -0.25) is 10.1 Å². The molecule has 0 aliphatic heterocycles. The third kappa shape index (κ3) is 3.90. The Hall–Kier alpha value is -1.69. The Morgan fingerprint density at radius 3 is 2.70 bits per heavy atom. The Balaban J connectivity index is 3.18. The van der Waals surface area contributed by atoms with Gasteiger partial charge >= 0.3 is 0 Å². The summed E-state index contributed by atoms with van der Waals surface area (Å²) in [6.45, 7) is 1.72. The molecule has 0 amide bonds. The molecule has 1 aromatic carbocycles. The fourth-order valence-corrected chi connectivity index (χ4v) is 3.31. The van der Waals surface area contributed by atoms with E-state index in [1.807, 2.05) is 6.07 Å². The van der Waals surface area contributed by atoms with E-state index in [1.54, 1.807) is 6.92 Å². The van der Waals surface area contributed by atoms with Crippen molar-refractivity contribution < 1.29 is 13.3 Å². The lowest BCUT2D eigenvalue weighted by molar-refractivity contribution is -0.385. The lowest BCUT2D eigenvalue weighted by Gasteiger charge is -2.14. The fraction of sp³-hybridized carbons (Fsp3) is 0.364. The molecule has 0 saturated heterocycles. The molecule has 1 atom stereocenters. The third-order valence-electron chi connectivity index (χ3n) is 2.57. The van der Waals surface area contributed by atoms with Crippen molar-refractivity contribution in [3.63, 3.8) is 0 Å². The summed E-state index contributed by atoms with van der Waals surface area (Å²) in [7, 11) is -4.02.